The van der Waals surface area contributed by atoms with E-state index in [0.29, 0.717) is 11.1 Å². The SMILES string of the molecule is NC(CO)C(=O)NC(Cc1ccc(O)cc1)C(=O)NCC(=O)NC(Cc1c[nH]c2ccccc12)C(=O)O. The molecule has 2 aromatic carbocycles. The van der Waals surface area contributed by atoms with Crippen molar-refractivity contribution in [2.24, 2.45) is 5.73 Å². The number of nitrogens with one attached hydrogen (secondary N) is 4. The van der Waals surface area contributed by atoms with E-state index in [-0.39, 0.29) is 18.6 Å². The molecule has 9 N–H and O–H groups in total. The van der Waals surface area contributed by atoms with Gasteiger partial charge in [-0.15, -0.1) is 0 Å². The molecule has 3 aromatic rings. The molecule has 0 saturated carbocycles. The molecule has 3 atom stereocenters. The van der Waals surface area contributed by atoms with Crippen LogP contribution in [0.25, 0.3) is 10.9 Å². The average molecular weight is 512 g/mol. The first-order valence-corrected chi connectivity index (χ1v) is 11.5. The standard InChI is InChI=1S/C25H29N5O7/c26-18(13-31)23(34)30-20(9-14-5-7-16(32)8-6-14)24(35)28-12-22(33)29-21(25(36)37)10-15-11-27-19-4-2-1-3-17(15)19/h1-8,11,18,20-21,27,31-32H,9-10,12-13,26H2,(H,28,35)(H,29,33)(H,30,34)(H,36,37). The molecule has 3 rings (SSSR count). The third-order valence-corrected chi connectivity index (χ3v) is 5.70. The van der Waals surface area contributed by atoms with Crippen molar-refractivity contribution in [3.63, 3.8) is 0 Å². The summed E-state index contributed by atoms with van der Waals surface area (Å²) >= 11 is 0. The zero-order valence-electron chi connectivity index (χ0n) is 19.8. The summed E-state index contributed by atoms with van der Waals surface area (Å²) in [5.41, 5.74) is 7.67. The first-order chi connectivity index (χ1) is 17.7. The lowest BCUT2D eigenvalue weighted by Gasteiger charge is -2.21. The zero-order valence-corrected chi connectivity index (χ0v) is 19.8. The lowest BCUT2D eigenvalue weighted by Crippen LogP contribution is -2.55. The summed E-state index contributed by atoms with van der Waals surface area (Å²) in [4.78, 5) is 52.3. The van der Waals surface area contributed by atoms with Crippen molar-refractivity contribution < 1.29 is 34.5 Å². The molecular formula is C25H29N5O7. The van der Waals surface area contributed by atoms with E-state index in [1.54, 1.807) is 18.3 Å². The number of phenols is 1. The van der Waals surface area contributed by atoms with Crippen LogP contribution < -0.4 is 21.7 Å². The Bertz CT molecular complexity index is 1260. The second-order valence-corrected chi connectivity index (χ2v) is 8.46. The monoisotopic (exact) mass is 511 g/mol. The normalized spacial score (nSPS) is 13.4. The van der Waals surface area contributed by atoms with Crippen molar-refractivity contribution in [1.29, 1.82) is 0 Å². The van der Waals surface area contributed by atoms with Crippen LogP contribution in [0.4, 0.5) is 0 Å². The Hall–Kier alpha value is -4.42. The fourth-order valence-corrected chi connectivity index (χ4v) is 3.70. The van der Waals surface area contributed by atoms with Crippen molar-refractivity contribution >= 4 is 34.6 Å². The molecule has 0 aliphatic rings. The molecule has 0 radical (unpaired) electrons. The number of para-hydroxylation sites is 1. The Labute approximate surface area is 211 Å². The minimum atomic E-state index is -1.25. The van der Waals surface area contributed by atoms with Gasteiger partial charge in [-0.25, -0.2) is 4.79 Å². The van der Waals surface area contributed by atoms with Crippen LogP contribution in [0.15, 0.2) is 54.7 Å². The summed E-state index contributed by atoms with van der Waals surface area (Å²) in [6.45, 7) is -1.17. The number of fused-ring (bicyclic) bond motifs is 1. The highest BCUT2D eigenvalue weighted by atomic mass is 16.4. The minimum absolute atomic E-state index is 0.00986. The number of carbonyl (C=O) groups is 4. The third-order valence-electron chi connectivity index (χ3n) is 5.70. The predicted molar refractivity (Wildman–Crippen MR) is 133 cm³/mol. The number of aromatic hydroxyl groups is 1. The van der Waals surface area contributed by atoms with Gasteiger partial charge in [-0.05, 0) is 29.3 Å². The van der Waals surface area contributed by atoms with E-state index < -0.39 is 55.0 Å². The number of rotatable bonds is 12. The second-order valence-electron chi connectivity index (χ2n) is 8.46. The van der Waals surface area contributed by atoms with E-state index in [9.17, 15) is 29.4 Å². The van der Waals surface area contributed by atoms with Crippen molar-refractivity contribution in [3.05, 3.63) is 65.9 Å². The molecule has 3 amide bonds. The molecule has 0 spiro atoms. The van der Waals surface area contributed by atoms with Crippen LogP contribution in [0.3, 0.4) is 0 Å². The summed E-state index contributed by atoms with van der Waals surface area (Å²) in [7, 11) is 0. The average Bonchev–Trinajstić information content (AvgIpc) is 3.29. The van der Waals surface area contributed by atoms with E-state index in [1.165, 1.54) is 12.1 Å². The lowest BCUT2D eigenvalue weighted by molar-refractivity contribution is -0.141. The number of aliphatic hydroxyl groups is 1. The van der Waals surface area contributed by atoms with Gasteiger partial charge in [0, 0.05) is 29.9 Å². The van der Waals surface area contributed by atoms with Gasteiger partial charge < -0.3 is 42.0 Å². The van der Waals surface area contributed by atoms with Crippen LogP contribution in [0, 0.1) is 0 Å². The van der Waals surface area contributed by atoms with Gasteiger partial charge in [0.25, 0.3) is 0 Å². The van der Waals surface area contributed by atoms with E-state index in [2.05, 4.69) is 20.9 Å². The number of H-pyrrole nitrogens is 1. The fourth-order valence-electron chi connectivity index (χ4n) is 3.70. The van der Waals surface area contributed by atoms with Gasteiger partial charge in [-0.2, -0.15) is 0 Å². The Morgan fingerprint density at radius 1 is 0.919 bits per heavy atom. The number of benzene rings is 2. The molecular weight excluding hydrogens is 482 g/mol. The number of hydrogen-bond acceptors (Lipinski definition) is 7. The Morgan fingerprint density at radius 3 is 2.30 bits per heavy atom. The molecule has 0 saturated heterocycles. The number of phenolic OH excluding ortho intramolecular Hbond substituents is 1. The van der Waals surface area contributed by atoms with Crippen molar-refractivity contribution in [1.82, 2.24) is 20.9 Å². The van der Waals surface area contributed by atoms with Crippen LogP contribution >= 0.6 is 0 Å². The fraction of sp³-hybridized carbons (Fsp3) is 0.280. The van der Waals surface area contributed by atoms with Gasteiger partial charge in [-0.3, -0.25) is 14.4 Å². The number of nitrogens with two attached hydrogens (primary N) is 1. The molecule has 12 nitrogen and oxygen atoms in total. The van der Waals surface area contributed by atoms with Crippen LogP contribution in [-0.4, -0.2) is 75.3 Å². The van der Waals surface area contributed by atoms with Crippen molar-refractivity contribution in [2.75, 3.05) is 13.2 Å². The largest absolute Gasteiger partial charge is 0.508 e. The highest BCUT2D eigenvalue weighted by Crippen LogP contribution is 2.19. The Kier molecular flexibility index (Phi) is 9.19. The van der Waals surface area contributed by atoms with Crippen LogP contribution in [0.5, 0.6) is 5.75 Å². The summed E-state index contributed by atoms with van der Waals surface area (Å²) in [6.07, 6.45) is 1.72. The summed E-state index contributed by atoms with van der Waals surface area (Å²) < 4.78 is 0. The van der Waals surface area contributed by atoms with Gasteiger partial charge in [0.2, 0.25) is 17.7 Å². The number of aromatic amines is 1. The van der Waals surface area contributed by atoms with Gasteiger partial charge in [-0.1, -0.05) is 30.3 Å². The Morgan fingerprint density at radius 2 is 1.62 bits per heavy atom. The molecule has 0 aliphatic heterocycles. The van der Waals surface area contributed by atoms with Gasteiger partial charge >= 0.3 is 5.97 Å². The number of carboxylic acid groups (broad SMARTS) is 1. The van der Waals surface area contributed by atoms with E-state index in [4.69, 9.17) is 10.8 Å². The molecule has 1 aromatic heterocycles. The van der Waals surface area contributed by atoms with Crippen LogP contribution in [-0.2, 0) is 32.0 Å². The first kappa shape index (κ1) is 27.2. The summed E-state index contributed by atoms with van der Waals surface area (Å²) in [5, 5.41) is 36.2. The second kappa shape index (κ2) is 12.5. The third kappa shape index (κ3) is 7.53. The maximum Gasteiger partial charge on any atom is 0.326 e. The highest BCUT2D eigenvalue weighted by Gasteiger charge is 2.26. The quantitative estimate of drug-likeness (QED) is 0.153. The van der Waals surface area contributed by atoms with Crippen molar-refractivity contribution in [3.8, 4) is 5.75 Å². The smallest absolute Gasteiger partial charge is 0.326 e. The molecule has 0 fully saturated rings. The lowest BCUT2D eigenvalue weighted by atomic mass is 10.0. The highest BCUT2D eigenvalue weighted by molar-refractivity contribution is 5.93. The molecule has 1 heterocycles. The number of aromatic nitrogens is 1. The van der Waals surface area contributed by atoms with Gasteiger partial charge in [0.15, 0.2) is 0 Å². The number of amides is 3. The predicted octanol–water partition coefficient (Wildman–Crippen LogP) is -0.851. The number of carboxylic acids is 1. The molecule has 196 valence electrons. The molecule has 37 heavy (non-hydrogen) atoms. The van der Waals surface area contributed by atoms with Crippen LogP contribution in [0.2, 0.25) is 0 Å². The minimum Gasteiger partial charge on any atom is -0.508 e. The van der Waals surface area contributed by atoms with Gasteiger partial charge in [0.1, 0.15) is 23.9 Å². The molecule has 3 unspecified atom stereocenters. The molecule has 0 aliphatic carbocycles. The van der Waals surface area contributed by atoms with E-state index in [0.717, 1.165) is 10.9 Å². The topological polar surface area (TPSA) is 207 Å². The number of carbonyl (C=O) groups excluding carboxylic acids is 3. The first-order valence-electron chi connectivity index (χ1n) is 11.5. The number of aliphatic hydroxyl groups excluding tert-OH is 1. The zero-order chi connectivity index (χ0) is 26.9. The summed E-state index contributed by atoms with van der Waals surface area (Å²) in [5.74, 6) is -3.43. The van der Waals surface area contributed by atoms with Gasteiger partial charge in [0.05, 0.1) is 13.2 Å². The number of hydrogen-bond donors (Lipinski definition) is 8. The number of aliphatic carboxylic acids is 1. The van der Waals surface area contributed by atoms with E-state index in [1.807, 2.05) is 24.3 Å². The maximum atomic E-state index is 12.8. The molecule has 0 bridgehead atoms. The maximum absolute atomic E-state index is 12.8. The van der Waals surface area contributed by atoms with E-state index >= 15 is 0 Å². The Balaban J connectivity index is 1.62. The van der Waals surface area contributed by atoms with Crippen molar-refractivity contribution in [2.45, 2.75) is 31.0 Å². The summed E-state index contributed by atoms with van der Waals surface area (Å²) in [6, 6.07) is 9.67. The molecule has 12 heteroatoms. The van der Waals surface area contributed by atoms with Crippen LogP contribution in [0.1, 0.15) is 11.1 Å².